The van der Waals surface area contributed by atoms with Crippen molar-refractivity contribution >= 4 is 23.1 Å². The molecular weight excluding hydrogens is 238 g/mol. The average molecular weight is 259 g/mol. The zero-order valence-electron chi connectivity index (χ0n) is 10.5. The predicted octanol–water partition coefficient (Wildman–Crippen LogP) is 2.96. The first-order valence-corrected chi connectivity index (χ1v) is 7.41. The van der Waals surface area contributed by atoms with Gasteiger partial charge in [0.15, 0.2) is 4.34 Å². The maximum absolute atomic E-state index is 4.08. The number of thioether (sulfide) groups is 1. The van der Waals surface area contributed by atoms with Gasteiger partial charge >= 0.3 is 0 Å². The number of nitrogens with one attached hydrogen (secondary N) is 1. The van der Waals surface area contributed by atoms with Crippen LogP contribution in [0.2, 0.25) is 0 Å². The Kier molecular flexibility index (Phi) is 5.72. The van der Waals surface area contributed by atoms with Gasteiger partial charge in [-0.3, -0.25) is 0 Å². The highest BCUT2D eigenvalue weighted by Gasteiger charge is 2.08. The summed E-state index contributed by atoms with van der Waals surface area (Å²) in [7, 11) is 0. The Morgan fingerprint density at radius 3 is 2.56 bits per heavy atom. The van der Waals surface area contributed by atoms with Crippen molar-refractivity contribution in [2.75, 3.05) is 18.8 Å². The third-order valence-electron chi connectivity index (χ3n) is 2.06. The smallest absolute Gasteiger partial charge is 0.174 e. The lowest BCUT2D eigenvalue weighted by Crippen LogP contribution is -2.22. The van der Waals surface area contributed by atoms with Crippen molar-refractivity contribution in [1.29, 1.82) is 0 Å². The van der Waals surface area contributed by atoms with Gasteiger partial charge in [0.1, 0.15) is 5.01 Å². The quantitative estimate of drug-likeness (QED) is 0.629. The summed E-state index contributed by atoms with van der Waals surface area (Å²) in [5.41, 5.74) is 0.427. The van der Waals surface area contributed by atoms with Crippen LogP contribution in [0.25, 0.3) is 0 Å². The van der Waals surface area contributed by atoms with Crippen LogP contribution in [0.3, 0.4) is 0 Å². The van der Waals surface area contributed by atoms with E-state index >= 15 is 0 Å². The standard InChI is InChI=1S/C11H21N3S2/c1-9-13-14-10(16-9)15-8-7-12-6-5-11(2,3)4/h12H,5-8H2,1-4H3. The topological polar surface area (TPSA) is 37.8 Å². The fourth-order valence-corrected chi connectivity index (χ4v) is 2.92. The van der Waals surface area contributed by atoms with Gasteiger partial charge in [-0.2, -0.15) is 0 Å². The summed E-state index contributed by atoms with van der Waals surface area (Å²) in [6.07, 6.45) is 1.22. The maximum Gasteiger partial charge on any atom is 0.174 e. The summed E-state index contributed by atoms with van der Waals surface area (Å²) >= 11 is 3.45. The Hall–Kier alpha value is -0.130. The van der Waals surface area contributed by atoms with Crippen molar-refractivity contribution in [1.82, 2.24) is 15.5 Å². The molecule has 0 aliphatic heterocycles. The number of hydrogen-bond acceptors (Lipinski definition) is 5. The van der Waals surface area contributed by atoms with Crippen LogP contribution in [0, 0.1) is 12.3 Å². The number of aryl methyl sites for hydroxylation is 1. The molecule has 0 amide bonds. The molecule has 5 heteroatoms. The molecule has 16 heavy (non-hydrogen) atoms. The van der Waals surface area contributed by atoms with E-state index in [0.717, 1.165) is 28.2 Å². The summed E-state index contributed by atoms with van der Waals surface area (Å²) in [5.74, 6) is 1.07. The normalized spacial score (nSPS) is 12.0. The minimum Gasteiger partial charge on any atom is -0.316 e. The van der Waals surface area contributed by atoms with Crippen LogP contribution >= 0.6 is 23.1 Å². The van der Waals surface area contributed by atoms with Crippen molar-refractivity contribution in [3.63, 3.8) is 0 Å². The third-order valence-corrected chi connectivity index (χ3v) is 4.04. The van der Waals surface area contributed by atoms with Crippen LogP contribution in [0.4, 0.5) is 0 Å². The van der Waals surface area contributed by atoms with Crippen molar-refractivity contribution in [3.8, 4) is 0 Å². The van der Waals surface area contributed by atoms with Gasteiger partial charge in [0.05, 0.1) is 0 Å². The Balaban J connectivity index is 2.00. The molecule has 3 nitrogen and oxygen atoms in total. The van der Waals surface area contributed by atoms with Crippen LogP contribution in [0.15, 0.2) is 4.34 Å². The van der Waals surface area contributed by atoms with Gasteiger partial charge in [0, 0.05) is 12.3 Å². The molecule has 1 aromatic heterocycles. The van der Waals surface area contributed by atoms with Gasteiger partial charge < -0.3 is 5.32 Å². The predicted molar refractivity (Wildman–Crippen MR) is 72.3 cm³/mol. The summed E-state index contributed by atoms with van der Waals surface area (Å²) < 4.78 is 1.08. The number of aromatic nitrogens is 2. The second-order valence-corrected chi connectivity index (χ2v) is 7.52. The highest BCUT2D eigenvalue weighted by Crippen LogP contribution is 2.21. The molecule has 0 saturated heterocycles. The molecule has 0 spiro atoms. The molecule has 0 unspecified atom stereocenters. The largest absolute Gasteiger partial charge is 0.316 e. The van der Waals surface area contributed by atoms with Gasteiger partial charge in [-0.05, 0) is 25.3 Å². The highest BCUT2D eigenvalue weighted by molar-refractivity contribution is 8.01. The van der Waals surface area contributed by atoms with Crippen molar-refractivity contribution < 1.29 is 0 Å². The number of rotatable bonds is 6. The summed E-state index contributed by atoms with van der Waals surface area (Å²) in [4.78, 5) is 0. The molecule has 1 N–H and O–H groups in total. The Morgan fingerprint density at radius 1 is 1.25 bits per heavy atom. The Bertz CT molecular complexity index is 304. The maximum atomic E-state index is 4.08. The molecule has 0 aromatic carbocycles. The molecule has 0 aliphatic rings. The van der Waals surface area contributed by atoms with E-state index in [1.807, 2.05) is 6.92 Å². The van der Waals surface area contributed by atoms with E-state index in [-0.39, 0.29) is 0 Å². The van der Waals surface area contributed by atoms with Crippen molar-refractivity contribution in [3.05, 3.63) is 5.01 Å². The Labute approximate surface area is 106 Å². The van der Waals surface area contributed by atoms with Gasteiger partial charge in [-0.15, -0.1) is 10.2 Å². The first kappa shape index (κ1) is 13.9. The summed E-state index contributed by atoms with van der Waals surface area (Å²) in [6, 6.07) is 0. The number of hydrogen-bond donors (Lipinski definition) is 1. The molecule has 0 radical (unpaired) electrons. The molecule has 1 heterocycles. The van der Waals surface area contributed by atoms with Crippen molar-refractivity contribution in [2.24, 2.45) is 5.41 Å². The van der Waals surface area contributed by atoms with E-state index in [1.54, 1.807) is 23.1 Å². The molecule has 1 rings (SSSR count). The van der Waals surface area contributed by atoms with Crippen LogP contribution in [0.1, 0.15) is 32.2 Å². The second kappa shape index (κ2) is 6.57. The molecule has 0 atom stereocenters. The molecule has 1 aromatic rings. The molecule has 0 bridgehead atoms. The second-order valence-electron chi connectivity index (χ2n) is 5.00. The van der Waals surface area contributed by atoms with E-state index < -0.39 is 0 Å². The molecule has 0 saturated carbocycles. The van der Waals surface area contributed by atoms with Gasteiger partial charge in [-0.1, -0.05) is 43.9 Å². The number of nitrogens with zero attached hydrogens (tertiary/aromatic N) is 2. The minimum atomic E-state index is 0.427. The highest BCUT2D eigenvalue weighted by atomic mass is 32.2. The van der Waals surface area contributed by atoms with E-state index in [1.165, 1.54) is 6.42 Å². The third kappa shape index (κ3) is 6.45. The molecule has 0 aliphatic carbocycles. The van der Waals surface area contributed by atoms with E-state index in [0.29, 0.717) is 5.41 Å². The fourth-order valence-electron chi connectivity index (χ4n) is 1.14. The first-order chi connectivity index (χ1) is 7.47. The monoisotopic (exact) mass is 259 g/mol. The lowest BCUT2D eigenvalue weighted by atomic mass is 9.92. The van der Waals surface area contributed by atoms with Crippen LogP contribution in [-0.4, -0.2) is 29.0 Å². The average Bonchev–Trinajstić information content (AvgIpc) is 2.56. The van der Waals surface area contributed by atoms with E-state index in [9.17, 15) is 0 Å². The summed E-state index contributed by atoms with van der Waals surface area (Å²) in [6.45, 7) is 10.9. The minimum absolute atomic E-state index is 0.427. The summed E-state index contributed by atoms with van der Waals surface area (Å²) in [5, 5.41) is 12.6. The van der Waals surface area contributed by atoms with Crippen LogP contribution in [0.5, 0.6) is 0 Å². The lowest BCUT2D eigenvalue weighted by Gasteiger charge is -2.17. The zero-order valence-corrected chi connectivity index (χ0v) is 12.2. The molecule has 0 fully saturated rings. The van der Waals surface area contributed by atoms with Crippen LogP contribution in [-0.2, 0) is 0 Å². The molecule has 92 valence electrons. The Morgan fingerprint density at radius 2 is 2.00 bits per heavy atom. The SMILES string of the molecule is Cc1nnc(SCCNCCC(C)(C)C)s1. The lowest BCUT2D eigenvalue weighted by molar-refractivity contribution is 0.369. The van der Waals surface area contributed by atoms with Gasteiger partial charge in [-0.25, -0.2) is 0 Å². The first-order valence-electron chi connectivity index (χ1n) is 5.61. The van der Waals surface area contributed by atoms with Gasteiger partial charge in [0.25, 0.3) is 0 Å². The van der Waals surface area contributed by atoms with Crippen LogP contribution < -0.4 is 5.32 Å². The zero-order chi connectivity index (χ0) is 12.0. The van der Waals surface area contributed by atoms with Gasteiger partial charge in [0.2, 0.25) is 0 Å². The van der Waals surface area contributed by atoms with E-state index in [4.69, 9.17) is 0 Å². The van der Waals surface area contributed by atoms with Crippen molar-refractivity contribution in [2.45, 2.75) is 38.5 Å². The van der Waals surface area contributed by atoms with E-state index in [2.05, 4.69) is 36.3 Å². The molecular formula is C11H21N3S2. The fraction of sp³-hybridized carbons (Fsp3) is 0.818.